The van der Waals surface area contributed by atoms with Crippen LogP contribution >= 0.6 is 0 Å². The van der Waals surface area contributed by atoms with Crippen molar-refractivity contribution in [3.05, 3.63) is 0 Å². The van der Waals surface area contributed by atoms with E-state index in [9.17, 15) is 15.0 Å². The summed E-state index contributed by atoms with van der Waals surface area (Å²) in [5, 5.41) is 31.8. The van der Waals surface area contributed by atoms with Crippen LogP contribution in [0.1, 0.15) is 85.0 Å². The maximum atomic E-state index is 11.5. The molecule has 0 spiro atoms. The summed E-state index contributed by atoms with van der Waals surface area (Å²) in [5.74, 6) is 1.66. The third-order valence-electron chi connectivity index (χ3n) is 10.3. The first-order valence-corrected chi connectivity index (χ1v) is 11.8. The number of rotatable bonds is 4. The van der Waals surface area contributed by atoms with Gasteiger partial charge in [0.2, 0.25) is 0 Å². The van der Waals surface area contributed by atoms with Crippen molar-refractivity contribution in [3.8, 4) is 0 Å². The highest BCUT2D eigenvalue weighted by molar-refractivity contribution is 5.66. The standard InChI is InChI=1S/C24H40O4/c1-14(7-10-21(27)28)16-8-9-17-22-18(13-20(26)24(16,17)3)23(2)11-5-4-6-15(23)12-19(22)25/h14-20,22,25-26H,4-13H2,1-3H3,(H,27,28)/t14-,15?,16?,17-,18-,19+,20-,22?,23-,24+/m0/s1. The van der Waals surface area contributed by atoms with Gasteiger partial charge in [-0.15, -0.1) is 0 Å². The molecule has 4 heteroatoms. The van der Waals surface area contributed by atoms with Crippen LogP contribution in [-0.4, -0.2) is 33.5 Å². The number of aliphatic hydroxyl groups excluding tert-OH is 2. The van der Waals surface area contributed by atoms with E-state index >= 15 is 0 Å². The van der Waals surface area contributed by atoms with E-state index in [-0.39, 0.29) is 29.5 Å². The van der Waals surface area contributed by atoms with E-state index in [0.717, 1.165) is 25.7 Å². The molecule has 0 amide bonds. The van der Waals surface area contributed by atoms with Crippen molar-refractivity contribution < 1.29 is 20.1 Å². The first-order chi connectivity index (χ1) is 13.2. The zero-order valence-electron chi connectivity index (χ0n) is 17.9. The van der Waals surface area contributed by atoms with Crippen molar-refractivity contribution in [2.24, 2.45) is 46.3 Å². The minimum atomic E-state index is -0.727. The number of hydrogen-bond donors (Lipinski definition) is 3. The number of fused-ring (bicyclic) bond motifs is 5. The number of aliphatic hydroxyl groups is 2. The SMILES string of the molecule is C[C@@H](CCC(=O)O)C1CC[C@H]2C3[C@H](O)CC4CCCC[C@]4(C)[C@H]3C[C@H](O)[C@]12C. The zero-order valence-corrected chi connectivity index (χ0v) is 17.9. The smallest absolute Gasteiger partial charge is 0.303 e. The van der Waals surface area contributed by atoms with Gasteiger partial charge < -0.3 is 15.3 Å². The molecule has 0 bridgehead atoms. The topological polar surface area (TPSA) is 77.8 Å². The first-order valence-electron chi connectivity index (χ1n) is 11.8. The molecule has 0 saturated heterocycles. The second kappa shape index (κ2) is 7.27. The molecule has 4 saturated carbocycles. The van der Waals surface area contributed by atoms with E-state index in [1.54, 1.807) is 0 Å². The fraction of sp³-hybridized carbons (Fsp3) is 0.958. The van der Waals surface area contributed by atoms with Crippen LogP contribution in [0.4, 0.5) is 0 Å². The summed E-state index contributed by atoms with van der Waals surface area (Å²) in [7, 11) is 0. The molecule has 3 unspecified atom stereocenters. The van der Waals surface area contributed by atoms with Gasteiger partial charge >= 0.3 is 5.97 Å². The van der Waals surface area contributed by atoms with Gasteiger partial charge in [-0.2, -0.15) is 0 Å². The molecule has 0 radical (unpaired) electrons. The van der Waals surface area contributed by atoms with Gasteiger partial charge in [0.25, 0.3) is 0 Å². The van der Waals surface area contributed by atoms with Gasteiger partial charge in [0, 0.05) is 6.42 Å². The highest BCUT2D eigenvalue weighted by Gasteiger charge is 2.65. The molecule has 0 aromatic rings. The number of hydrogen-bond acceptors (Lipinski definition) is 3. The van der Waals surface area contributed by atoms with Crippen LogP contribution in [0.2, 0.25) is 0 Å². The normalized spacial score (nSPS) is 51.7. The van der Waals surface area contributed by atoms with Gasteiger partial charge in [0.05, 0.1) is 12.2 Å². The van der Waals surface area contributed by atoms with E-state index in [4.69, 9.17) is 5.11 Å². The molecule has 28 heavy (non-hydrogen) atoms. The fourth-order valence-electron chi connectivity index (χ4n) is 8.74. The first kappa shape index (κ1) is 20.7. The Morgan fingerprint density at radius 1 is 1.07 bits per heavy atom. The average molecular weight is 393 g/mol. The summed E-state index contributed by atoms with van der Waals surface area (Å²) in [4.78, 5) is 11.1. The molecule has 4 aliphatic carbocycles. The molecule has 0 aromatic carbocycles. The summed E-state index contributed by atoms with van der Waals surface area (Å²) in [6.07, 6.45) is 9.32. The highest BCUT2D eigenvalue weighted by Crippen LogP contribution is 2.68. The summed E-state index contributed by atoms with van der Waals surface area (Å²) in [5.41, 5.74) is 0.0927. The Morgan fingerprint density at radius 2 is 1.82 bits per heavy atom. The monoisotopic (exact) mass is 392 g/mol. The van der Waals surface area contributed by atoms with Crippen molar-refractivity contribution in [3.63, 3.8) is 0 Å². The Labute approximate surface area is 170 Å². The molecule has 4 nitrogen and oxygen atoms in total. The van der Waals surface area contributed by atoms with E-state index < -0.39 is 5.97 Å². The third-order valence-corrected chi connectivity index (χ3v) is 10.3. The highest BCUT2D eigenvalue weighted by atomic mass is 16.4. The zero-order chi connectivity index (χ0) is 20.3. The Balaban J connectivity index is 1.61. The lowest BCUT2D eigenvalue weighted by Gasteiger charge is -2.63. The second-order valence-corrected chi connectivity index (χ2v) is 11.3. The fourth-order valence-corrected chi connectivity index (χ4v) is 8.74. The van der Waals surface area contributed by atoms with Gasteiger partial charge in [-0.05, 0) is 91.3 Å². The molecule has 160 valence electrons. The van der Waals surface area contributed by atoms with Crippen molar-refractivity contribution in [1.29, 1.82) is 0 Å². The lowest BCUT2D eigenvalue weighted by molar-refractivity contribution is -0.201. The van der Waals surface area contributed by atoms with Gasteiger partial charge in [-0.3, -0.25) is 4.79 Å². The molecule has 4 fully saturated rings. The Kier molecular flexibility index (Phi) is 5.36. The molecule has 10 atom stereocenters. The lowest BCUT2D eigenvalue weighted by atomic mass is 9.43. The van der Waals surface area contributed by atoms with Crippen LogP contribution in [0.5, 0.6) is 0 Å². The maximum absolute atomic E-state index is 11.5. The molecular formula is C24H40O4. The average Bonchev–Trinajstić information content (AvgIpc) is 3.00. The lowest BCUT2D eigenvalue weighted by Crippen LogP contribution is -2.61. The molecule has 0 aliphatic heterocycles. The molecule has 0 heterocycles. The molecule has 4 rings (SSSR count). The van der Waals surface area contributed by atoms with Crippen LogP contribution in [0.25, 0.3) is 0 Å². The minimum Gasteiger partial charge on any atom is -0.481 e. The number of carbonyl (C=O) groups is 1. The molecule has 3 N–H and O–H groups in total. The van der Waals surface area contributed by atoms with Crippen LogP contribution < -0.4 is 0 Å². The van der Waals surface area contributed by atoms with Crippen molar-refractivity contribution in [1.82, 2.24) is 0 Å². The van der Waals surface area contributed by atoms with Gasteiger partial charge in [-0.25, -0.2) is 0 Å². The van der Waals surface area contributed by atoms with E-state index in [1.807, 2.05) is 0 Å². The second-order valence-electron chi connectivity index (χ2n) is 11.3. The predicted molar refractivity (Wildman–Crippen MR) is 109 cm³/mol. The summed E-state index contributed by atoms with van der Waals surface area (Å²) in [6.45, 7) is 6.89. The molecule has 0 aromatic heterocycles. The molecule has 4 aliphatic rings. The maximum Gasteiger partial charge on any atom is 0.303 e. The number of aliphatic carboxylic acids is 1. The number of carboxylic acids is 1. The summed E-state index contributed by atoms with van der Waals surface area (Å²) >= 11 is 0. The largest absolute Gasteiger partial charge is 0.481 e. The molecular weight excluding hydrogens is 352 g/mol. The van der Waals surface area contributed by atoms with Crippen LogP contribution in [0.3, 0.4) is 0 Å². The van der Waals surface area contributed by atoms with Crippen molar-refractivity contribution in [2.75, 3.05) is 0 Å². The van der Waals surface area contributed by atoms with Crippen molar-refractivity contribution >= 4 is 5.97 Å². The quantitative estimate of drug-likeness (QED) is 0.659. The predicted octanol–water partition coefficient (Wildman–Crippen LogP) is 4.48. The number of carboxylic acid groups (broad SMARTS) is 1. The summed E-state index contributed by atoms with van der Waals surface area (Å²) < 4.78 is 0. The van der Waals surface area contributed by atoms with Gasteiger partial charge in [-0.1, -0.05) is 33.6 Å². The Bertz CT molecular complexity index is 605. The van der Waals surface area contributed by atoms with Crippen LogP contribution in [-0.2, 0) is 4.79 Å². The van der Waals surface area contributed by atoms with Gasteiger partial charge in [0.1, 0.15) is 0 Å². The Morgan fingerprint density at radius 3 is 2.54 bits per heavy atom. The summed E-state index contributed by atoms with van der Waals surface area (Å²) in [6, 6.07) is 0. The van der Waals surface area contributed by atoms with Crippen molar-refractivity contribution in [2.45, 2.75) is 97.2 Å². The van der Waals surface area contributed by atoms with E-state index in [0.29, 0.717) is 41.9 Å². The van der Waals surface area contributed by atoms with Crippen LogP contribution in [0, 0.1) is 46.3 Å². The van der Waals surface area contributed by atoms with E-state index in [2.05, 4.69) is 20.8 Å². The van der Waals surface area contributed by atoms with Gasteiger partial charge in [0.15, 0.2) is 0 Å². The van der Waals surface area contributed by atoms with Crippen LogP contribution in [0.15, 0.2) is 0 Å². The van der Waals surface area contributed by atoms with E-state index in [1.165, 1.54) is 25.7 Å². The minimum absolute atomic E-state index is 0.183. The third kappa shape index (κ3) is 2.96. The Hall–Kier alpha value is -0.610.